The molecule has 0 aromatic heterocycles. The zero-order valence-corrected chi connectivity index (χ0v) is 10.00. The number of aliphatic hydroxyl groups is 1. The van der Waals surface area contributed by atoms with E-state index >= 15 is 0 Å². The maximum absolute atomic E-state index is 8.86. The third-order valence-electron chi connectivity index (χ3n) is 1.86. The third-order valence-corrected chi connectivity index (χ3v) is 3.02. The van der Waals surface area contributed by atoms with E-state index in [4.69, 9.17) is 5.11 Å². The molecule has 0 spiro atoms. The Labute approximate surface area is 92.5 Å². The average molecular weight is 291 g/mol. The highest BCUT2D eigenvalue weighted by Gasteiger charge is 2.00. The van der Waals surface area contributed by atoms with Crippen LogP contribution < -0.4 is 5.32 Å². The largest absolute Gasteiger partial charge is 0.394 e. The molecule has 13 heavy (non-hydrogen) atoms. The van der Waals surface area contributed by atoms with Crippen LogP contribution in [0.4, 0.5) is 5.69 Å². The average Bonchev–Trinajstić information content (AvgIpc) is 2.11. The molecule has 0 saturated carbocycles. The Morgan fingerprint density at radius 2 is 2.23 bits per heavy atom. The number of hydrogen-bond donors (Lipinski definition) is 2. The number of aliphatic hydroxyl groups excluding tert-OH is 1. The Balaban J connectivity index is 2.73. The lowest BCUT2D eigenvalue weighted by atomic mass is 10.2. The van der Waals surface area contributed by atoms with Crippen molar-refractivity contribution in [1.82, 2.24) is 0 Å². The van der Waals surface area contributed by atoms with Crippen molar-refractivity contribution >= 4 is 28.3 Å². The first kappa shape index (κ1) is 10.8. The molecule has 0 bridgehead atoms. The van der Waals surface area contributed by atoms with E-state index in [1.807, 2.05) is 13.0 Å². The number of hydrogen-bond acceptors (Lipinski definition) is 2. The van der Waals surface area contributed by atoms with Crippen molar-refractivity contribution in [1.29, 1.82) is 0 Å². The van der Waals surface area contributed by atoms with Gasteiger partial charge in [0.25, 0.3) is 0 Å². The molecule has 1 aromatic rings. The van der Waals surface area contributed by atoms with Gasteiger partial charge in [0.05, 0.1) is 6.61 Å². The van der Waals surface area contributed by atoms with Crippen LogP contribution in [-0.4, -0.2) is 17.8 Å². The summed E-state index contributed by atoms with van der Waals surface area (Å²) in [6, 6.07) is 6.30. The van der Waals surface area contributed by atoms with Crippen LogP contribution in [0, 0.1) is 10.5 Å². The van der Waals surface area contributed by atoms with Crippen LogP contribution in [0.1, 0.15) is 12.5 Å². The van der Waals surface area contributed by atoms with E-state index in [0.717, 1.165) is 5.69 Å². The second kappa shape index (κ2) is 4.81. The van der Waals surface area contributed by atoms with Crippen molar-refractivity contribution in [2.24, 2.45) is 0 Å². The van der Waals surface area contributed by atoms with Gasteiger partial charge in [0.2, 0.25) is 0 Å². The van der Waals surface area contributed by atoms with Gasteiger partial charge in [-0.05, 0) is 54.1 Å². The van der Waals surface area contributed by atoms with Gasteiger partial charge in [0.1, 0.15) is 0 Å². The molecule has 1 rings (SSSR count). The molecule has 0 saturated heterocycles. The lowest BCUT2D eigenvalue weighted by molar-refractivity contribution is 0.281. The smallest absolute Gasteiger partial charge is 0.0630 e. The van der Waals surface area contributed by atoms with Crippen LogP contribution in [0.15, 0.2) is 18.2 Å². The van der Waals surface area contributed by atoms with E-state index in [1.54, 1.807) is 0 Å². The quantitative estimate of drug-likeness (QED) is 0.838. The second-order valence-corrected chi connectivity index (χ2v) is 4.35. The number of rotatable bonds is 3. The summed E-state index contributed by atoms with van der Waals surface area (Å²) in [7, 11) is 0. The molecule has 0 aliphatic heterocycles. The first-order valence-corrected chi connectivity index (χ1v) is 5.35. The normalized spacial score (nSPS) is 12.6. The van der Waals surface area contributed by atoms with Crippen molar-refractivity contribution < 1.29 is 5.11 Å². The van der Waals surface area contributed by atoms with Crippen molar-refractivity contribution in [2.75, 3.05) is 11.9 Å². The SMILES string of the molecule is Cc1ccc(NC(C)CO)cc1I. The Morgan fingerprint density at radius 1 is 1.54 bits per heavy atom. The van der Waals surface area contributed by atoms with Gasteiger partial charge in [-0.3, -0.25) is 0 Å². The summed E-state index contributed by atoms with van der Waals surface area (Å²) in [5.74, 6) is 0. The summed E-state index contributed by atoms with van der Waals surface area (Å²) in [6.45, 7) is 4.19. The molecular weight excluding hydrogens is 277 g/mol. The molecule has 0 amide bonds. The van der Waals surface area contributed by atoms with Gasteiger partial charge in [-0.25, -0.2) is 0 Å². The molecule has 3 heteroatoms. The van der Waals surface area contributed by atoms with Crippen LogP contribution in [0.2, 0.25) is 0 Å². The zero-order chi connectivity index (χ0) is 9.84. The molecule has 2 nitrogen and oxygen atoms in total. The minimum absolute atomic E-state index is 0.110. The number of nitrogens with one attached hydrogen (secondary N) is 1. The lowest BCUT2D eigenvalue weighted by Gasteiger charge is -2.12. The molecular formula is C10H14INO. The highest BCUT2D eigenvalue weighted by atomic mass is 127. The highest BCUT2D eigenvalue weighted by Crippen LogP contribution is 2.17. The van der Waals surface area contributed by atoms with Crippen LogP contribution >= 0.6 is 22.6 Å². The fourth-order valence-electron chi connectivity index (χ4n) is 1.01. The molecule has 0 aliphatic rings. The van der Waals surface area contributed by atoms with Crippen LogP contribution in [-0.2, 0) is 0 Å². The molecule has 0 aliphatic carbocycles. The van der Waals surface area contributed by atoms with Gasteiger partial charge < -0.3 is 10.4 Å². The molecule has 0 radical (unpaired) electrons. The van der Waals surface area contributed by atoms with E-state index in [0.29, 0.717) is 0 Å². The fourth-order valence-corrected chi connectivity index (χ4v) is 1.53. The number of halogens is 1. The number of benzene rings is 1. The molecule has 1 unspecified atom stereocenters. The number of anilines is 1. The molecule has 0 heterocycles. The maximum Gasteiger partial charge on any atom is 0.0630 e. The van der Waals surface area contributed by atoms with Crippen molar-refractivity contribution in [3.63, 3.8) is 0 Å². The molecule has 1 aromatic carbocycles. The maximum atomic E-state index is 8.86. The van der Waals surface area contributed by atoms with Gasteiger partial charge >= 0.3 is 0 Å². The predicted octanol–water partition coefficient (Wildman–Crippen LogP) is 2.39. The number of aryl methyl sites for hydroxylation is 1. The predicted molar refractivity (Wildman–Crippen MR) is 64.1 cm³/mol. The van der Waals surface area contributed by atoms with Gasteiger partial charge in [0.15, 0.2) is 0 Å². The van der Waals surface area contributed by atoms with E-state index in [-0.39, 0.29) is 12.6 Å². The molecule has 1 atom stereocenters. The molecule has 2 N–H and O–H groups in total. The molecule has 0 fully saturated rings. The van der Waals surface area contributed by atoms with Crippen molar-refractivity contribution in [2.45, 2.75) is 19.9 Å². The standard InChI is InChI=1S/C10H14INO/c1-7-3-4-9(5-10(7)11)12-8(2)6-13/h3-5,8,12-13H,6H2,1-2H3. The van der Waals surface area contributed by atoms with Crippen LogP contribution in [0.25, 0.3) is 0 Å². The first-order chi connectivity index (χ1) is 6.13. The van der Waals surface area contributed by atoms with Gasteiger partial charge in [-0.15, -0.1) is 0 Å². The molecule has 72 valence electrons. The Hall–Kier alpha value is -0.290. The van der Waals surface area contributed by atoms with E-state index < -0.39 is 0 Å². The van der Waals surface area contributed by atoms with Crippen LogP contribution in [0.3, 0.4) is 0 Å². The van der Waals surface area contributed by atoms with Gasteiger partial charge in [-0.1, -0.05) is 6.07 Å². The summed E-state index contributed by atoms with van der Waals surface area (Å²) in [5, 5.41) is 12.1. The Kier molecular flexibility index (Phi) is 3.99. The Morgan fingerprint density at radius 3 is 2.77 bits per heavy atom. The summed E-state index contributed by atoms with van der Waals surface area (Å²) in [4.78, 5) is 0. The minimum atomic E-state index is 0.110. The summed E-state index contributed by atoms with van der Waals surface area (Å²) in [6.07, 6.45) is 0. The fraction of sp³-hybridized carbons (Fsp3) is 0.400. The Bertz CT molecular complexity index is 288. The van der Waals surface area contributed by atoms with Crippen LogP contribution in [0.5, 0.6) is 0 Å². The van der Waals surface area contributed by atoms with Gasteiger partial charge in [0, 0.05) is 15.3 Å². The lowest BCUT2D eigenvalue weighted by Crippen LogP contribution is -2.19. The van der Waals surface area contributed by atoms with Crippen molar-refractivity contribution in [3.05, 3.63) is 27.3 Å². The van der Waals surface area contributed by atoms with Crippen molar-refractivity contribution in [3.8, 4) is 0 Å². The monoisotopic (exact) mass is 291 g/mol. The van der Waals surface area contributed by atoms with Gasteiger partial charge in [-0.2, -0.15) is 0 Å². The second-order valence-electron chi connectivity index (χ2n) is 3.19. The topological polar surface area (TPSA) is 32.3 Å². The zero-order valence-electron chi connectivity index (χ0n) is 7.84. The van der Waals surface area contributed by atoms with E-state index in [9.17, 15) is 0 Å². The summed E-state index contributed by atoms with van der Waals surface area (Å²) in [5.41, 5.74) is 2.35. The van der Waals surface area contributed by atoms with E-state index in [2.05, 4.69) is 47.0 Å². The third kappa shape index (κ3) is 3.15. The summed E-state index contributed by atoms with van der Waals surface area (Å²) >= 11 is 2.31. The van der Waals surface area contributed by atoms with E-state index in [1.165, 1.54) is 9.13 Å². The minimum Gasteiger partial charge on any atom is -0.394 e. The first-order valence-electron chi connectivity index (χ1n) is 4.27. The highest BCUT2D eigenvalue weighted by molar-refractivity contribution is 14.1. The summed E-state index contributed by atoms with van der Waals surface area (Å²) < 4.78 is 1.24.